The Morgan fingerprint density at radius 1 is 0.218 bits per heavy atom. The normalized spacial score (nSPS) is 14.2. The molecule has 614 valence electrons. The second-order valence-corrected chi connectivity index (χ2v) is 39.7. The summed E-state index contributed by atoms with van der Waals surface area (Å²) in [7, 11) is 0. The molecule has 124 heavy (non-hydrogen) atoms. The van der Waals surface area contributed by atoms with E-state index in [-0.39, 0.29) is 21.7 Å². The van der Waals surface area contributed by atoms with Crippen LogP contribution in [0.25, 0.3) is 127 Å². The van der Waals surface area contributed by atoms with Gasteiger partial charge in [0.05, 0.1) is 43.9 Å². The summed E-state index contributed by atoms with van der Waals surface area (Å²) in [6.07, 6.45) is 17.9. The molecule has 3 nitrogen and oxygen atoms in total. The average molecular weight is 1610 g/mol. The number of fused-ring (bicyclic) bond motifs is 18. The van der Waals surface area contributed by atoms with Crippen LogP contribution in [0.3, 0.4) is 0 Å². The molecule has 3 heteroatoms. The molecule has 0 saturated heterocycles. The molecule has 21 rings (SSSR count). The van der Waals surface area contributed by atoms with Crippen LogP contribution in [-0.2, 0) is 32.5 Å². The lowest BCUT2D eigenvalue weighted by atomic mass is 9.67. The zero-order valence-electron chi connectivity index (χ0n) is 74.4. The van der Waals surface area contributed by atoms with Gasteiger partial charge in [0, 0.05) is 54.8 Å². The first-order chi connectivity index (χ1) is 60.3. The Morgan fingerprint density at radius 2 is 0.492 bits per heavy atom. The molecular formula is C121H115N3. The largest absolute Gasteiger partial charge is 0.309 e. The standard InChI is InChI=1S/C121H115N3/c1-12-14-16-18-20-34-72-119(73-35-21-19-17-15-13-2)104-42-28-22-36-92(104)97-66-48-81(75-109(97)119)80-49-67-111-99(74-80)101-77-86(57-69-113(101)123(111)90-62-52-83(53-63-90)117(6,7)8)121(107-45-31-25-39-95(107)96-40-26-32-46-108(96)121)88-59-71-115-103(79-88)102-78-87(58-70-114(102)124(115)91-64-54-84(55-65-91)118(9,10)11)120(105-43-29-23-37-93(105)94-38-24-30-44-106(94)120)85-56-68-112-100(76-85)98-41-27-33-47-110(98)122(112)89-60-50-82(51-61-89)116(3,4)5/h22-33,36-71,74-79H,12-21,34-35,72-73H2,1-11H3. The number of unbranched alkanes of at least 4 members (excludes halogenated alkanes) is 10. The third-order valence-electron chi connectivity index (χ3n) is 29.3. The molecule has 18 aromatic rings. The number of hydrogen-bond donors (Lipinski definition) is 0. The van der Waals surface area contributed by atoms with E-state index in [1.54, 1.807) is 5.56 Å². The summed E-state index contributed by atoms with van der Waals surface area (Å²) in [5.41, 5.74) is 36.7. The molecule has 0 aliphatic heterocycles. The van der Waals surface area contributed by atoms with Crippen LogP contribution in [0.5, 0.6) is 0 Å². The highest BCUT2D eigenvalue weighted by Crippen LogP contribution is 2.61. The van der Waals surface area contributed by atoms with Crippen LogP contribution in [0.4, 0.5) is 0 Å². The fourth-order valence-electron chi connectivity index (χ4n) is 23.1. The minimum absolute atomic E-state index is 0.00146. The van der Waals surface area contributed by atoms with E-state index in [1.807, 2.05) is 0 Å². The second-order valence-electron chi connectivity index (χ2n) is 39.7. The average Bonchev–Trinajstić information content (AvgIpc) is 1.52. The van der Waals surface area contributed by atoms with Gasteiger partial charge in [0.15, 0.2) is 0 Å². The van der Waals surface area contributed by atoms with Gasteiger partial charge in [-0.05, 0) is 255 Å². The van der Waals surface area contributed by atoms with Crippen molar-refractivity contribution in [2.45, 2.75) is 199 Å². The molecule has 0 radical (unpaired) electrons. The van der Waals surface area contributed by atoms with Gasteiger partial charge in [0.25, 0.3) is 0 Å². The summed E-state index contributed by atoms with van der Waals surface area (Å²) in [6.45, 7) is 25.5. The van der Waals surface area contributed by atoms with Crippen molar-refractivity contribution in [3.8, 4) is 61.6 Å². The van der Waals surface area contributed by atoms with Crippen LogP contribution in [0.1, 0.15) is 238 Å². The topological polar surface area (TPSA) is 14.8 Å². The van der Waals surface area contributed by atoms with Gasteiger partial charge < -0.3 is 13.7 Å². The minimum atomic E-state index is -0.769. The van der Waals surface area contributed by atoms with Gasteiger partial charge in [-0.1, -0.05) is 372 Å². The summed E-state index contributed by atoms with van der Waals surface area (Å²) in [5, 5.41) is 7.39. The molecule has 0 spiro atoms. The zero-order chi connectivity index (χ0) is 84.6. The van der Waals surface area contributed by atoms with E-state index in [0.29, 0.717) is 0 Å². The molecule has 15 aromatic carbocycles. The maximum absolute atomic E-state index is 2.66. The Kier molecular flexibility index (Phi) is 19.5. The first-order valence-corrected chi connectivity index (χ1v) is 46.5. The summed E-state index contributed by atoms with van der Waals surface area (Å²) >= 11 is 0. The lowest BCUT2D eigenvalue weighted by molar-refractivity contribution is 0.398. The Hall–Kier alpha value is -12.3. The lowest BCUT2D eigenvalue weighted by Crippen LogP contribution is -2.28. The molecule has 3 aliphatic carbocycles. The van der Waals surface area contributed by atoms with Crippen molar-refractivity contribution in [2.24, 2.45) is 0 Å². The maximum atomic E-state index is 2.66. The third kappa shape index (κ3) is 12.5. The van der Waals surface area contributed by atoms with Gasteiger partial charge in [-0.15, -0.1) is 0 Å². The SMILES string of the molecule is CCCCCCCCC1(CCCCCCCC)c2ccccc2-c2ccc(-c3ccc4c(c3)c3cc(C5(c6ccc7c(c6)c6cc(C8(c9ccc%10c(c9)c9ccccc9n%10-c9ccc(C(C)(C)C)cc9)c9ccccc9-c9ccccc98)ccc6n7-c6ccc(C(C)(C)C)cc6)c6ccccc6-c6ccccc65)ccc3n4-c3ccc(C(C)(C)C)cc3)cc21. The number of rotatable bonds is 22. The van der Waals surface area contributed by atoms with Crippen molar-refractivity contribution in [1.29, 1.82) is 0 Å². The Bertz CT molecular complexity index is 7080. The monoisotopic (exact) mass is 1610 g/mol. The molecule has 0 bridgehead atoms. The molecule has 0 atom stereocenters. The van der Waals surface area contributed by atoms with Crippen LogP contribution in [0, 0.1) is 0 Å². The first kappa shape index (κ1) is 78.9. The van der Waals surface area contributed by atoms with E-state index in [1.165, 1.54) is 267 Å². The number of benzene rings is 15. The lowest BCUT2D eigenvalue weighted by Gasteiger charge is -2.34. The van der Waals surface area contributed by atoms with Crippen LogP contribution in [0.2, 0.25) is 0 Å². The predicted octanol–water partition coefficient (Wildman–Crippen LogP) is 33.0. The third-order valence-corrected chi connectivity index (χ3v) is 29.3. The molecule has 0 fully saturated rings. The number of aromatic nitrogens is 3. The molecule has 3 aliphatic rings. The molecule has 0 saturated carbocycles. The maximum Gasteiger partial charge on any atom is 0.0714 e. The Balaban J connectivity index is 0.791. The number of nitrogens with zero attached hydrogens (tertiary/aromatic N) is 3. The van der Waals surface area contributed by atoms with Crippen molar-refractivity contribution in [1.82, 2.24) is 13.7 Å². The molecule has 3 aromatic heterocycles. The number of hydrogen-bond acceptors (Lipinski definition) is 0. The zero-order valence-corrected chi connectivity index (χ0v) is 74.4. The molecule has 0 amide bonds. The highest BCUT2D eigenvalue weighted by molar-refractivity contribution is 6.14. The predicted molar refractivity (Wildman–Crippen MR) is 528 cm³/mol. The first-order valence-electron chi connectivity index (χ1n) is 46.5. The van der Waals surface area contributed by atoms with E-state index in [2.05, 4.69) is 417 Å². The smallest absolute Gasteiger partial charge is 0.0714 e. The molecule has 0 N–H and O–H groups in total. The van der Waals surface area contributed by atoms with Gasteiger partial charge in [-0.25, -0.2) is 0 Å². The van der Waals surface area contributed by atoms with Gasteiger partial charge >= 0.3 is 0 Å². The van der Waals surface area contributed by atoms with Gasteiger partial charge in [-0.2, -0.15) is 0 Å². The van der Waals surface area contributed by atoms with Gasteiger partial charge in [0.2, 0.25) is 0 Å². The van der Waals surface area contributed by atoms with Crippen LogP contribution < -0.4 is 0 Å². The highest BCUT2D eigenvalue weighted by atomic mass is 15.0. The Labute approximate surface area is 734 Å². The fraction of sp³-hybridized carbons (Fsp3) is 0.256. The van der Waals surface area contributed by atoms with Gasteiger partial charge in [0.1, 0.15) is 0 Å². The van der Waals surface area contributed by atoms with Crippen molar-refractivity contribution in [3.05, 3.63) is 400 Å². The molecule has 3 heterocycles. The van der Waals surface area contributed by atoms with E-state index < -0.39 is 10.8 Å². The van der Waals surface area contributed by atoms with Crippen LogP contribution in [0.15, 0.2) is 328 Å². The van der Waals surface area contributed by atoms with Crippen LogP contribution >= 0.6 is 0 Å². The molecule has 0 unspecified atom stereocenters. The summed E-state index contributed by atoms with van der Waals surface area (Å²) in [5.74, 6) is 0. The second kappa shape index (κ2) is 30.6. The van der Waals surface area contributed by atoms with E-state index in [0.717, 1.165) is 17.1 Å². The minimum Gasteiger partial charge on any atom is -0.309 e. The van der Waals surface area contributed by atoms with Gasteiger partial charge in [-0.3, -0.25) is 0 Å². The quantitative estimate of drug-likeness (QED) is 0.0601. The van der Waals surface area contributed by atoms with Crippen LogP contribution in [-0.4, -0.2) is 13.7 Å². The van der Waals surface area contributed by atoms with Crippen molar-refractivity contribution >= 4 is 65.4 Å². The van der Waals surface area contributed by atoms with E-state index in [4.69, 9.17) is 0 Å². The molecular weight excluding hydrogens is 1500 g/mol. The van der Waals surface area contributed by atoms with Crippen molar-refractivity contribution < 1.29 is 0 Å². The van der Waals surface area contributed by atoms with Crippen molar-refractivity contribution in [2.75, 3.05) is 0 Å². The Morgan fingerprint density at radius 3 is 0.863 bits per heavy atom. The summed E-state index contributed by atoms with van der Waals surface area (Å²) < 4.78 is 7.60. The summed E-state index contributed by atoms with van der Waals surface area (Å²) in [6, 6.07) is 129. The fourth-order valence-corrected chi connectivity index (χ4v) is 23.1. The highest BCUT2D eigenvalue weighted by Gasteiger charge is 2.50. The van der Waals surface area contributed by atoms with Crippen molar-refractivity contribution in [3.63, 3.8) is 0 Å². The number of para-hydroxylation sites is 1. The summed E-state index contributed by atoms with van der Waals surface area (Å²) in [4.78, 5) is 0. The van der Waals surface area contributed by atoms with E-state index >= 15 is 0 Å². The van der Waals surface area contributed by atoms with E-state index in [9.17, 15) is 0 Å².